The third-order valence-electron chi connectivity index (χ3n) is 7.74. The predicted octanol–water partition coefficient (Wildman–Crippen LogP) is 2.30. The minimum Gasteiger partial charge on any atom is -0.478 e. The normalized spacial score (nSPS) is 18.0. The molecule has 2 saturated heterocycles. The second kappa shape index (κ2) is 17.6. The van der Waals surface area contributed by atoms with E-state index in [0.29, 0.717) is 83.0 Å². The lowest BCUT2D eigenvalue weighted by molar-refractivity contribution is -0.140. The maximum Gasteiger partial charge on any atom is 0.328 e. The molecule has 2 amide bonds. The highest BCUT2D eigenvalue weighted by Gasteiger charge is 2.37. The van der Waals surface area contributed by atoms with Crippen LogP contribution in [0.5, 0.6) is 0 Å². The number of carbonyl (C=O) groups excluding carboxylic acids is 2. The molecule has 1 aromatic carbocycles. The number of benzene rings is 1. The van der Waals surface area contributed by atoms with E-state index in [2.05, 4.69) is 34.5 Å². The van der Waals surface area contributed by atoms with E-state index < -0.39 is 17.8 Å². The fourth-order valence-electron chi connectivity index (χ4n) is 5.57. The van der Waals surface area contributed by atoms with Crippen LogP contribution in [0.25, 0.3) is 5.69 Å². The van der Waals surface area contributed by atoms with Crippen LogP contribution in [0.2, 0.25) is 0 Å². The summed E-state index contributed by atoms with van der Waals surface area (Å²) in [5.41, 5.74) is 1.000. The Morgan fingerprint density at radius 1 is 1.10 bits per heavy atom. The molecule has 0 spiro atoms. The monoisotopic (exact) mass is 685 g/mol. The van der Waals surface area contributed by atoms with Gasteiger partial charge < -0.3 is 30.1 Å². The number of hydrogen-bond acceptors (Lipinski definition) is 10. The third-order valence-corrected chi connectivity index (χ3v) is 8.58. The van der Waals surface area contributed by atoms with Crippen molar-refractivity contribution < 1.29 is 38.5 Å². The lowest BCUT2D eigenvalue weighted by Gasteiger charge is -2.40. The molecule has 2 aliphatic heterocycles. The van der Waals surface area contributed by atoms with Crippen molar-refractivity contribution in [1.29, 1.82) is 0 Å². The van der Waals surface area contributed by atoms with Crippen LogP contribution < -0.4 is 5.32 Å². The molecule has 14 nitrogen and oxygen atoms in total. The van der Waals surface area contributed by atoms with Gasteiger partial charge in [0.05, 0.1) is 29.8 Å². The first-order chi connectivity index (χ1) is 23.0. The van der Waals surface area contributed by atoms with Crippen molar-refractivity contribution in [3.8, 4) is 5.69 Å². The van der Waals surface area contributed by atoms with Gasteiger partial charge in [0.15, 0.2) is 5.69 Å². The molecular weight excluding hydrogens is 645 g/mol. The first-order valence-electron chi connectivity index (χ1n) is 15.6. The van der Waals surface area contributed by atoms with Gasteiger partial charge >= 0.3 is 11.9 Å². The Balaban J connectivity index is 0.000000579. The molecule has 2 aliphatic rings. The average Bonchev–Trinajstić information content (AvgIpc) is 3.76. The Bertz CT molecular complexity index is 1560. The van der Waals surface area contributed by atoms with Crippen LogP contribution in [-0.2, 0) is 32.0 Å². The molecule has 0 unspecified atom stereocenters. The number of halogens is 1. The van der Waals surface area contributed by atoms with Crippen LogP contribution >= 0.6 is 11.3 Å². The van der Waals surface area contributed by atoms with Crippen molar-refractivity contribution in [1.82, 2.24) is 35.1 Å². The zero-order valence-corrected chi connectivity index (χ0v) is 27.6. The van der Waals surface area contributed by atoms with Gasteiger partial charge in [-0.15, -0.1) is 16.4 Å². The zero-order chi connectivity index (χ0) is 34.6. The van der Waals surface area contributed by atoms with Gasteiger partial charge in [0.25, 0.3) is 5.91 Å². The van der Waals surface area contributed by atoms with Crippen LogP contribution in [0.1, 0.15) is 41.5 Å². The molecule has 0 bridgehead atoms. The Kier molecular flexibility index (Phi) is 13.3. The number of aryl methyl sites for hydroxylation is 1. The van der Waals surface area contributed by atoms with Crippen LogP contribution in [0, 0.1) is 17.7 Å². The third kappa shape index (κ3) is 9.98. The number of carbonyl (C=O) groups is 4. The first kappa shape index (κ1) is 36.3. The van der Waals surface area contributed by atoms with Crippen molar-refractivity contribution in [2.45, 2.75) is 39.2 Å². The number of nitrogens with zero attached hydrogens (tertiary/aromatic N) is 6. The van der Waals surface area contributed by atoms with Gasteiger partial charge in [0.2, 0.25) is 5.91 Å². The number of para-hydroxylation sites is 1. The maximum atomic E-state index is 14.8. The van der Waals surface area contributed by atoms with Gasteiger partial charge in [-0.2, -0.15) is 0 Å². The highest BCUT2D eigenvalue weighted by molar-refractivity contribution is 7.09. The van der Waals surface area contributed by atoms with E-state index in [9.17, 15) is 23.6 Å². The summed E-state index contributed by atoms with van der Waals surface area (Å²) in [6, 6.07) is 6.16. The molecule has 4 heterocycles. The number of hydrogen-bond donors (Lipinski definition) is 3. The highest BCUT2D eigenvalue weighted by Crippen LogP contribution is 2.25. The number of thiazole rings is 1. The number of amides is 2. The fraction of sp³-hybridized carbons (Fsp3) is 0.469. The summed E-state index contributed by atoms with van der Waals surface area (Å²) in [5.74, 6) is -3.14. The van der Waals surface area contributed by atoms with E-state index in [0.717, 1.165) is 5.01 Å². The van der Waals surface area contributed by atoms with Crippen LogP contribution in [0.15, 0.2) is 48.0 Å². The largest absolute Gasteiger partial charge is 0.478 e. The smallest absolute Gasteiger partial charge is 0.328 e. The molecular formula is C32H40FN7O7S. The summed E-state index contributed by atoms with van der Waals surface area (Å²) in [6.45, 7) is 8.08. The van der Waals surface area contributed by atoms with Crippen molar-refractivity contribution in [3.05, 3.63) is 70.2 Å². The standard InChI is InChI=1S/C28H36FN7O3S.C4H4O4/c1-19(2)18-35(21-15-20(16-30-17-21)27(37)34-10-12-39-13-11-34)28(38)26-24(7-8-25-31-9-14-40-25)36(33-32-26)23-6-4-3-5-22(23)29;5-3(6)1-2-4(7)8/h3-6,9,14,19-21,30H,7-8,10-13,15-18H2,1-2H3;1-2H,(H,5,6)(H,7,8)/t20-,21+;/m1./s1. The second-order valence-electron chi connectivity index (χ2n) is 11.7. The van der Waals surface area contributed by atoms with Crippen LogP contribution in [-0.4, -0.2) is 116 Å². The van der Waals surface area contributed by atoms with E-state index in [1.807, 2.05) is 15.2 Å². The number of aliphatic carboxylic acids is 2. The van der Waals surface area contributed by atoms with Gasteiger partial charge in [0, 0.05) is 68.9 Å². The molecule has 0 saturated carbocycles. The molecule has 2 aromatic heterocycles. The van der Waals surface area contributed by atoms with Gasteiger partial charge in [-0.25, -0.2) is 23.6 Å². The van der Waals surface area contributed by atoms with Crippen molar-refractivity contribution in [2.75, 3.05) is 45.9 Å². The Morgan fingerprint density at radius 2 is 1.81 bits per heavy atom. The summed E-state index contributed by atoms with van der Waals surface area (Å²) < 4.78 is 21.7. The zero-order valence-electron chi connectivity index (χ0n) is 26.8. The molecule has 0 radical (unpaired) electrons. The molecule has 2 atom stereocenters. The summed E-state index contributed by atoms with van der Waals surface area (Å²) in [5, 5.41) is 30.4. The number of aromatic nitrogens is 4. The number of rotatable bonds is 11. The van der Waals surface area contributed by atoms with Crippen LogP contribution in [0.3, 0.4) is 0 Å². The summed E-state index contributed by atoms with van der Waals surface area (Å²) in [7, 11) is 0. The molecule has 3 N–H and O–H groups in total. The van der Waals surface area contributed by atoms with E-state index in [-0.39, 0.29) is 41.1 Å². The fourth-order valence-corrected chi connectivity index (χ4v) is 6.19. The minimum atomic E-state index is -1.26. The number of carboxylic acids is 2. The van der Waals surface area contributed by atoms with Gasteiger partial charge in [-0.3, -0.25) is 9.59 Å². The number of morpholine rings is 1. The lowest BCUT2D eigenvalue weighted by Crippen LogP contribution is -2.56. The molecule has 48 heavy (non-hydrogen) atoms. The van der Waals surface area contributed by atoms with Gasteiger partial charge in [0.1, 0.15) is 11.5 Å². The number of piperidine rings is 1. The minimum absolute atomic E-state index is 0.104. The molecule has 16 heteroatoms. The lowest BCUT2D eigenvalue weighted by atomic mass is 9.92. The summed E-state index contributed by atoms with van der Waals surface area (Å²) >= 11 is 1.53. The van der Waals surface area contributed by atoms with E-state index in [1.54, 1.807) is 24.4 Å². The molecule has 5 rings (SSSR count). The molecule has 258 valence electrons. The number of carboxylic acid groups (broad SMARTS) is 2. The van der Waals surface area contributed by atoms with Crippen molar-refractivity contribution in [3.63, 3.8) is 0 Å². The predicted molar refractivity (Wildman–Crippen MR) is 173 cm³/mol. The quantitative estimate of drug-likeness (QED) is 0.252. The van der Waals surface area contributed by atoms with E-state index >= 15 is 0 Å². The van der Waals surface area contributed by atoms with Gasteiger partial charge in [-0.05, 0) is 30.9 Å². The van der Waals surface area contributed by atoms with Crippen molar-refractivity contribution >= 4 is 35.1 Å². The second-order valence-corrected chi connectivity index (χ2v) is 12.7. The average molecular weight is 686 g/mol. The highest BCUT2D eigenvalue weighted by atomic mass is 32.1. The number of nitrogens with one attached hydrogen (secondary N) is 1. The number of ether oxygens (including phenoxy) is 1. The van der Waals surface area contributed by atoms with E-state index in [1.165, 1.54) is 22.1 Å². The SMILES string of the molecule is CC(C)CN(C(=O)c1nnn(-c2ccccc2F)c1CCc1nccs1)[C@@H]1CNC[C@H](C(=O)N2CCOCC2)C1.O=C(O)C=CC(=O)O. The molecule has 3 aromatic rings. The summed E-state index contributed by atoms with van der Waals surface area (Å²) in [6.07, 6.45) is 4.42. The molecule has 0 aliphatic carbocycles. The maximum absolute atomic E-state index is 14.8. The summed E-state index contributed by atoms with van der Waals surface area (Å²) in [4.78, 5) is 54.7. The van der Waals surface area contributed by atoms with Gasteiger partial charge in [-0.1, -0.05) is 31.2 Å². The van der Waals surface area contributed by atoms with Crippen molar-refractivity contribution in [2.24, 2.45) is 11.8 Å². The topological polar surface area (TPSA) is 180 Å². The van der Waals surface area contributed by atoms with Crippen LogP contribution in [0.4, 0.5) is 4.39 Å². The Labute approximate surface area is 281 Å². The molecule has 2 fully saturated rings. The Morgan fingerprint density at radius 3 is 2.44 bits per heavy atom. The first-order valence-corrected chi connectivity index (χ1v) is 16.5. The Hall–Kier alpha value is -4.54. The van der Waals surface area contributed by atoms with E-state index in [4.69, 9.17) is 14.9 Å².